The van der Waals surface area contributed by atoms with Crippen LogP contribution in [0.2, 0.25) is 0 Å². The van der Waals surface area contributed by atoms with Crippen molar-refractivity contribution < 1.29 is 46.1 Å². The second-order valence-corrected chi connectivity index (χ2v) is 12.4. The summed E-state index contributed by atoms with van der Waals surface area (Å²) >= 11 is 0. The Hall–Kier alpha value is -5.81. The van der Waals surface area contributed by atoms with Crippen LogP contribution in [-0.4, -0.2) is 94.2 Å². The Morgan fingerprint density at radius 2 is 1.69 bits per heavy atom. The summed E-state index contributed by atoms with van der Waals surface area (Å²) in [7, 11) is 3.27. The van der Waals surface area contributed by atoms with Gasteiger partial charge in [0.05, 0.1) is 38.2 Å². The summed E-state index contributed by atoms with van der Waals surface area (Å²) in [5, 5.41) is 22.7. The van der Waals surface area contributed by atoms with Crippen molar-refractivity contribution >= 4 is 17.8 Å². The molecule has 0 saturated carbocycles. The first kappa shape index (κ1) is 39.4. The molecule has 6 rings (SSSR count). The van der Waals surface area contributed by atoms with Crippen molar-refractivity contribution in [3.63, 3.8) is 0 Å². The minimum Gasteiger partial charge on any atom is -0.497 e. The molecule has 1 aliphatic rings. The lowest BCUT2D eigenvalue weighted by Gasteiger charge is -2.21. The normalized spacial score (nSPS) is 15.7. The Balaban J connectivity index is 0.000000730. The molecule has 0 unspecified atom stereocenters. The molecule has 1 aliphatic heterocycles. The van der Waals surface area contributed by atoms with Gasteiger partial charge in [0.2, 0.25) is 0 Å². The molecule has 1 fully saturated rings. The van der Waals surface area contributed by atoms with Crippen molar-refractivity contribution in [1.29, 1.82) is 0 Å². The number of likely N-dealkylation sites (tertiary alicyclic amines) is 1. The molecule has 3 heterocycles. The molecule has 2 aromatic heterocycles. The third kappa shape index (κ3) is 9.78. The lowest BCUT2D eigenvalue weighted by atomic mass is 9.94. The summed E-state index contributed by atoms with van der Waals surface area (Å²) in [5.74, 6) is -3.53. The zero-order chi connectivity index (χ0) is 39.0. The maximum absolute atomic E-state index is 14.2. The molecule has 17 heteroatoms. The van der Waals surface area contributed by atoms with E-state index in [0.717, 1.165) is 34.2 Å². The minimum absolute atomic E-state index is 0.250. The highest BCUT2D eigenvalue weighted by molar-refractivity contribution is 5.91. The minimum atomic E-state index is -5.08. The molecule has 0 spiro atoms. The van der Waals surface area contributed by atoms with Crippen LogP contribution in [0.3, 0.4) is 0 Å². The number of carboxylic acids is 1. The Labute approximate surface area is 307 Å². The number of carbonyl (C=O) groups excluding carboxylic acids is 1. The van der Waals surface area contributed by atoms with Gasteiger partial charge in [0, 0.05) is 50.0 Å². The molecule has 286 valence electrons. The molecule has 2 amide bonds. The lowest BCUT2D eigenvalue weighted by Crippen LogP contribution is -2.42. The van der Waals surface area contributed by atoms with Gasteiger partial charge < -0.3 is 19.9 Å². The van der Waals surface area contributed by atoms with Crippen molar-refractivity contribution in [1.82, 2.24) is 29.8 Å². The number of nitrogens with one attached hydrogen (secondary N) is 2. The van der Waals surface area contributed by atoms with E-state index in [4.69, 9.17) is 24.5 Å². The van der Waals surface area contributed by atoms with E-state index < -0.39 is 29.8 Å². The number of amides is 2. The van der Waals surface area contributed by atoms with Gasteiger partial charge in [0.25, 0.3) is 0 Å². The monoisotopic (exact) mass is 755 g/mol. The Kier molecular flexibility index (Phi) is 12.7. The second-order valence-electron chi connectivity index (χ2n) is 12.4. The quantitative estimate of drug-likeness (QED) is 0.135. The number of nitrogens with zero attached hydrogens (tertiary/aromatic N) is 5. The van der Waals surface area contributed by atoms with Crippen LogP contribution in [0, 0.1) is 18.6 Å². The number of aromatic nitrogens is 4. The number of benzene rings is 3. The molecule has 3 N–H and O–H groups in total. The molecule has 0 aliphatic carbocycles. The number of carbonyl (C=O) groups is 2. The van der Waals surface area contributed by atoms with E-state index in [2.05, 4.69) is 20.6 Å². The first-order chi connectivity index (χ1) is 25.8. The Morgan fingerprint density at radius 1 is 0.981 bits per heavy atom. The lowest BCUT2D eigenvalue weighted by molar-refractivity contribution is -0.192. The van der Waals surface area contributed by atoms with Gasteiger partial charge >= 0.3 is 18.2 Å². The molecule has 1 saturated heterocycles. The molecule has 0 radical (unpaired) electrons. The van der Waals surface area contributed by atoms with Gasteiger partial charge in [-0.3, -0.25) is 14.9 Å². The summed E-state index contributed by atoms with van der Waals surface area (Å²) in [6.07, 6.45) is -1.39. The number of carboxylic acid groups (broad SMARTS) is 1. The molecule has 0 bridgehead atoms. The third-order valence-corrected chi connectivity index (χ3v) is 8.70. The number of rotatable bonds is 11. The SMILES string of the molecule is COCCN1C[C@@H](NC(=O)Nc2c(C)c(-c3cnn(Cc4ccc(OC)cc4)c3)nn2-c2ccccc2)[C@H](c2ccc(F)c(F)c2)C1.O=C(O)C(F)(F)F. The summed E-state index contributed by atoms with van der Waals surface area (Å²) in [6.45, 7) is 4.72. The topological polar surface area (TPSA) is 136 Å². The van der Waals surface area contributed by atoms with Crippen LogP contribution in [0.25, 0.3) is 16.9 Å². The maximum atomic E-state index is 14.2. The molecular formula is C37H38F5N7O5. The van der Waals surface area contributed by atoms with Crippen LogP contribution in [0.15, 0.2) is 85.2 Å². The molecule has 54 heavy (non-hydrogen) atoms. The van der Waals surface area contributed by atoms with Gasteiger partial charge in [-0.05, 0) is 54.4 Å². The fourth-order valence-electron chi connectivity index (χ4n) is 5.99. The number of halogens is 5. The van der Waals surface area contributed by atoms with Gasteiger partial charge in [0.1, 0.15) is 17.3 Å². The number of urea groups is 1. The molecule has 2 atom stereocenters. The Bertz CT molecular complexity index is 2040. The Morgan fingerprint density at radius 3 is 2.31 bits per heavy atom. The second kappa shape index (κ2) is 17.3. The number of aliphatic carboxylic acids is 1. The van der Waals surface area contributed by atoms with Gasteiger partial charge in [-0.25, -0.2) is 23.1 Å². The standard InChI is InChI=1S/C35H37F2N7O3.C2HF3O2/c1-23-33(26-18-38-43(20-26)19-24-9-12-28(47-3)13-10-24)41-44(27-7-5-4-6-8-27)34(23)40-35(45)39-32-22-42(15-16-46-2)21-29(32)25-11-14-30(36)31(37)17-25;3-2(4,5)1(6)7/h4-14,17-18,20,29,32H,15-16,19,21-22H2,1-3H3,(H2,39,40,45);(H,6,7)/t29-,32+;/m0./s1. The van der Waals surface area contributed by atoms with Gasteiger partial charge in [-0.15, -0.1) is 0 Å². The van der Waals surface area contributed by atoms with Crippen molar-refractivity contribution in [2.75, 3.05) is 45.8 Å². The first-order valence-corrected chi connectivity index (χ1v) is 16.6. The van der Waals surface area contributed by atoms with Gasteiger partial charge in [0.15, 0.2) is 11.6 Å². The van der Waals surface area contributed by atoms with E-state index in [1.807, 2.05) is 72.4 Å². The number of methoxy groups -OCH3 is 2. The van der Waals surface area contributed by atoms with E-state index in [0.29, 0.717) is 49.9 Å². The van der Waals surface area contributed by atoms with Gasteiger partial charge in [-0.2, -0.15) is 23.4 Å². The number of hydrogen-bond acceptors (Lipinski definition) is 7. The van der Waals surface area contributed by atoms with E-state index in [-0.39, 0.29) is 12.0 Å². The van der Waals surface area contributed by atoms with E-state index >= 15 is 0 Å². The number of alkyl halides is 3. The maximum Gasteiger partial charge on any atom is 0.490 e. The van der Waals surface area contributed by atoms with Crippen LogP contribution in [0.4, 0.5) is 32.6 Å². The van der Waals surface area contributed by atoms with Gasteiger partial charge in [-0.1, -0.05) is 36.4 Å². The summed E-state index contributed by atoms with van der Waals surface area (Å²) < 4.78 is 73.7. The van der Waals surface area contributed by atoms with E-state index in [9.17, 15) is 26.7 Å². The fourth-order valence-corrected chi connectivity index (χ4v) is 5.99. The van der Waals surface area contributed by atoms with Crippen LogP contribution >= 0.6 is 0 Å². The predicted octanol–water partition coefficient (Wildman–Crippen LogP) is 6.25. The number of hydrogen-bond donors (Lipinski definition) is 3. The zero-order valence-electron chi connectivity index (χ0n) is 29.5. The van der Waals surface area contributed by atoms with Crippen molar-refractivity contribution in [3.8, 4) is 22.7 Å². The average Bonchev–Trinajstić information content (AvgIpc) is 3.86. The van der Waals surface area contributed by atoms with Crippen molar-refractivity contribution in [2.24, 2.45) is 0 Å². The fraction of sp³-hybridized carbons (Fsp3) is 0.297. The van der Waals surface area contributed by atoms with Crippen LogP contribution in [0.5, 0.6) is 5.75 Å². The summed E-state index contributed by atoms with van der Waals surface area (Å²) in [5.41, 5.74) is 4.70. The van der Waals surface area contributed by atoms with Crippen molar-refractivity contribution in [3.05, 3.63) is 114 Å². The average molecular weight is 756 g/mol. The highest BCUT2D eigenvalue weighted by Gasteiger charge is 2.38. The van der Waals surface area contributed by atoms with Crippen molar-refractivity contribution in [2.45, 2.75) is 31.6 Å². The molecule has 3 aromatic carbocycles. The third-order valence-electron chi connectivity index (χ3n) is 8.70. The summed E-state index contributed by atoms with van der Waals surface area (Å²) in [6, 6.07) is 20.5. The molecule has 5 aromatic rings. The smallest absolute Gasteiger partial charge is 0.490 e. The highest BCUT2D eigenvalue weighted by Crippen LogP contribution is 2.32. The van der Waals surface area contributed by atoms with Crippen LogP contribution < -0.4 is 15.4 Å². The van der Waals surface area contributed by atoms with E-state index in [1.54, 1.807) is 31.2 Å². The number of para-hydroxylation sites is 1. The zero-order valence-corrected chi connectivity index (χ0v) is 29.5. The number of anilines is 1. The predicted molar refractivity (Wildman–Crippen MR) is 189 cm³/mol. The molecular weight excluding hydrogens is 717 g/mol. The molecule has 12 nitrogen and oxygen atoms in total. The summed E-state index contributed by atoms with van der Waals surface area (Å²) in [4.78, 5) is 24.7. The first-order valence-electron chi connectivity index (χ1n) is 16.6. The van der Waals surface area contributed by atoms with Crippen LogP contribution in [0.1, 0.15) is 22.6 Å². The van der Waals surface area contributed by atoms with E-state index in [1.165, 1.54) is 6.07 Å². The largest absolute Gasteiger partial charge is 0.497 e. The van der Waals surface area contributed by atoms with Crippen LogP contribution in [-0.2, 0) is 16.1 Å². The number of ether oxygens (including phenoxy) is 2. The highest BCUT2D eigenvalue weighted by atomic mass is 19.4.